The van der Waals surface area contributed by atoms with Crippen molar-refractivity contribution in [2.45, 2.75) is 39.5 Å². The normalized spacial score (nSPS) is 18.7. The van der Waals surface area contributed by atoms with Crippen molar-refractivity contribution < 1.29 is 0 Å². The molecular weight excluding hydrogens is 168 g/mol. The van der Waals surface area contributed by atoms with E-state index < -0.39 is 0 Å². The lowest BCUT2D eigenvalue weighted by Gasteiger charge is -2.15. The van der Waals surface area contributed by atoms with Gasteiger partial charge in [-0.25, -0.2) is 0 Å². The monoisotopic (exact) mass is 189 g/mol. The van der Waals surface area contributed by atoms with Crippen LogP contribution in [0.3, 0.4) is 0 Å². The Kier molecular flexibility index (Phi) is 5.66. The maximum Gasteiger partial charge on any atom is 0.00845 e. The molecule has 0 aromatic heterocycles. The summed E-state index contributed by atoms with van der Waals surface area (Å²) < 4.78 is 0. The average Bonchev–Trinajstić information content (AvgIpc) is 2.25. The molecule has 0 aromatic rings. The van der Waals surface area contributed by atoms with Gasteiger partial charge in [0.2, 0.25) is 0 Å². The van der Waals surface area contributed by atoms with Gasteiger partial charge >= 0.3 is 0 Å². The van der Waals surface area contributed by atoms with E-state index in [1.54, 1.807) is 0 Å². The molecule has 1 aliphatic rings. The van der Waals surface area contributed by atoms with Gasteiger partial charge < -0.3 is 0 Å². The second-order valence-electron chi connectivity index (χ2n) is 4.10. The Hall–Kier alpha value is -0.520. The summed E-state index contributed by atoms with van der Waals surface area (Å²) in [6.45, 7) is 4.60. The van der Waals surface area contributed by atoms with Crippen LogP contribution in [0.15, 0.2) is 24.3 Å². The lowest BCUT2D eigenvalue weighted by atomic mass is 9.90. The third kappa shape index (κ3) is 4.64. The molecule has 1 unspecified atom stereocenters. The van der Waals surface area contributed by atoms with E-state index in [0.717, 1.165) is 5.92 Å². The first-order valence-electron chi connectivity index (χ1n) is 5.71. The highest BCUT2D eigenvalue weighted by atomic mass is 14.1. The topological polar surface area (TPSA) is 0 Å². The second kappa shape index (κ2) is 6.86. The van der Waals surface area contributed by atoms with Crippen molar-refractivity contribution in [3.8, 4) is 0 Å². The van der Waals surface area contributed by atoms with Crippen LogP contribution < -0.4 is 0 Å². The molecule has 77 valence electrons. The highest BCUT2D eigenvalue weighted by molar-refractivity contribution is 5.37. The molecule has 0 aliphatic heterocycles. The van der Waals surface area contributed by atoms with E-state index in [4.69, 9.17) is 0 Å². The van der Waals surface area contributed by atoms with Gasteiger partial charge in [-0.1, -0.05) is 57.4 Å². The minimum atomic E-state index is 0.829. The molecule has 0 spiro atoms. The molecule has 0 amide bonds. The fourth-order valence-electron chi connectivity index (χ4n) is 1.60. The van der Waals surface area contributed by atoms with Gasteiger partial charge in [0.05, 0.1) is 0 Å². The SMILES string of the molecule is CCCCC(C)C[CH][C]1[CH]C=CC=C1. The van der Waals surface area contributed by atoms with Crippen LogP contribution in [0.4, 0.5) is 0 Å². The van der Waals surface area contributed by atoms with Crippen molar-refractivity contribution in [2.24, 2.45) is 5.92 Å². The van der Waals surface area contributed by atoms with Crippen molar-refractivity contribution in [3.05, 3.63) is 43.1 Å². The van der Waals surface area contributed by atoms with Crippen molar-refractivity contribution in [1.82, 2.24) is 0 Å². The van der Waals surface area contributed by atoms with Gasteiger partial charge in [-0.15, -0.1) is 0 Å². The summed E-state index contributed by atoms with van der Waals surface area (Å²) in [5, 5.41) is 0. The predicted octanol–water partition coefficient (Wildman–Crippen LogP) is 4.31. The third-order valence-electron chi connectivity index (χ3n) is 2.61. The van der Waals surface area contributed by atoms with E-state index in [1.165, 1.54) is 31.6 Å². The van der Waals surface area contributed by atoms with Crippen LogP contribution in [-0.4, -0.2) is 0 Å². The summed E-state index contributed by atoms with van der Waals surface area (Å²) in [6, 6.07) is 0. The van der Waals surface area contributed by atoms with Crippen molar-refractivity contribution in [2.75, 3.05) is 0 Å². The molecule has 0 bridgehead atoms. The molecule has 0 heterocycles. The average molecular weight is 189 g/mol. The summed E-state index contributed by atoms with van der Waals surface area (Å²) in [4.78, 5) is 0. The second-order valence-corrected chi connectivity index (χ2v) is 4.10. The van der Waals surface area contributed by atoms with E-state index >= 15 is 0 Å². The Bertz CT molecular complexity index is 188. The number of hydrogen-bond donors (Lipinski definition) is 0. The highest BCUT2D eigenvalue weighted by Gasteiger charge is 2.09. The number of unbranched alkanes of at least 4 members (excludes halogenated alkanes) is 1. The zero-order valence-corrected chi connectivity index (χ0v) is 9.37. The van der Waals surface area contributed by atoms with Crippen molar-refractivity contribution in [1.29, 1.82) is 0 Å². The Labute approximate surface area is 89.1 Å². The molecule has 14 heavy (non-hydrogen) atoms. The van der Waals surface area contributed by atoms with Crippen LogP contribution in [0.5, 0.6) is 0 Å². The van der Waals surface area contributed by atoms with Crippen LogP contribution >= 0.6 is 0 Å². The molecule has 1 aliphatic carbocycles. The zero-order chi connectivity index (χ0) is 10.2. The lowest BCUT2D eigenvalue weighted by molar-refractivity contribution is 0.499. The maximum absolute atomic E-state index is 2.35. The smallest absolute Gasteiger partial charge is 0.00845 e. The molecule has 0 saturated heterocycles. The molecule has 0 fully saturated rings. The number of allylic oxidation sites excluding steroid dienone is 4. The standard InChI is InChI=1S/C14H21/c1-3-4-8-13(2)11-12-14-9-6-5-7-10-14/h5-7,9-10,12-13H,3-4,8,11H2,1-2H3. The molecule has 1 rings (SSSR count). The largest absolute Gasteiger partial charge is 0.0799 e. The minimum Gasteiger partial charge on any atom is -0.0799 e. The van der Waals surface area contributed by atoms with Gasteiger partial charge in [-0.2, -0.15) is 0 Å². The van der Waals surface area contributed by atoms with Crippen LogP contribution in [0, 0.1) is 24.7 Å². The first-order valence-corrected chi connectivity index (χ1v) is 5.71. The van der Waals surface area contributed by atoms with Gasteiger partial charge in [0.1, 0.15) is 0 Å². The van der Waals surface area contributed by atoms with Crippen LogP contribution in [0.1, 0.15) is 39.5 Å². The van der Waals surface area contributed by atoms with E-state index in [2.05, 4.69) is 51.0 Å². The van der Waals surface area contributed by atoms with Crippen molar-refractivity contribution >= 4 is 0 Å². The summed E-state index contributed by atoms with van der Waals surface area (Å²) >= 11 is 0. The predicted molar refractivity (Wildman–Crippen MR) is 63.4 cm³/mol. The van der Waals surface area contributed by atoms with E-state index in [9.17, 15) is 0 Å². The molecule has 0 saturated carbocycles. The van der Waals surface area contributed by atoms with Crippen LogP contribution in [-0.2, 0) is 0 Å². The van der Waals surface area contributed by atoms with Gasteiger partial charge in [0.25, 0.3) is 0 Å². The van der Waals surface area contributed by atoms with Gasteiger partial charge in [-0.3, -0.25) is 0 Å². The highest BCUT2D eigenvalue weighted by Crippen LogP contribution is 2.22. The molecule has 0 N–H and O–H groups in total. The lowest BCUT2D eigenvalue weighted by Crippen LogP contribution is -2.02. The fourth-order valence-corrected chi connectivity index (χ4v) is 1.60. The summed E-state index contributed by atoms with van der Waals surface area (Å²) in [5.74, 6) is 2.19. The Balaban J connectivity index is 2.07. The Morgan fingerprint density at radius 3 is 2.79 bits per heavy atom. The quantitative estimate of drug-likeness (QED) is 0.584. The zero-order valence-electron chi connectivity index (χ0n) is 9.37. The summed E-state index contributed by atoms with van der Waals surface area (Å²) in [5.41, 5.74) is 0. The number of rotatable bonds is 6. The van der Waals surface area contributed by atoms with Crippen LogP contribution in [0.2, 0.25) is 0 Å². The van der Waals surface area contributed by atoms with Gasteiger partial charge in [0.15, 0.2) is 0 Å². The summed E-state index contributed by atoms with van der Waals surface area (Å²) in [7, 11) is 0. The van der Waals surface area contributed by atoms with E-state index in [1.807, 2.05) is 0 Å². The fraction of sp³-hybridized carbons (Fsp3) is 0.500. The van der Waals surface area contributed by atoms with Crippen LogP contribution in [0.25, 0.3) is 0 Å². The molecule has 3 radical (unpaired) electrons. The molecular formula is C14H21. The van der Waals surface area contributed by atoms with Gasteiger partial charge in [-0.05, 0) is 25.2 Å². The number of hydrogen-bond acceptors (Lipinski definition) is 0. The first kappa shape index (κ1) is 11.6. The molecule has 0 heteroatoms. The molecule has 1 atom stereocenters. The van der Waals surface area contributed by atoms with E-state index in [0.29, 0.717) is 0 Å². The van der Waals surface area contributed by atoms with Gasteiger partial charge in [0, 0.05) is 5.92 Å². The first-order chi connectivity index (χ1) is 6.83. The van der Waals surface area contributed by atoms with E-state index in [-0.39, 0.29) is 0 Å². The third-order valence-corrected chi connectivity index (χ3v) is 2.61. The molecule has 0 nitrogen and oxygen atoms in total. The molecule has 0 aromatic carbocycles. The maximum atomic E-state index is 2.35. The minimum absolute atomic E-state index is 0.829. The Morgan fingerprint density at radius 1 is 1.29 bits per heavy atom. The Morgan fingerprint density at radius 2 is 2.14 bits per heavy atom. The summed E-state index contributed by atoms with van der Waals surface area (Å²) in [6.07, 6.45) is 18.2. The van der Waals surface area contributed by atoms with Crippen molar-refractivity contribution in [3.63, 3.8) is 0 Å².